The maximum atomic E-state index is 5.91. The second-order valence-electron chi connectivity index (χ2n) is 3.85. The molecule has 16 heavy (non-hydrogen) atoms. The van der Waals surface area contributed by atoms with Crippen molar-refractivity contribution in [2.24, 2.45) is 0 Å². The summed E-state index contributed by atoms with van der Waals surface area (Å²) < 4.78 is 10.8. The number of thioether (sulfide) groups is 1. The fourth-order valence-electron chi connectivity index (χ4n) is 1.73. The predicted octanol–water partition coefficient (Wildman–Crippen LogP) is 2.55. The average molecular weight is 239 g/mol. The summed E-state index contributed by atoms with van der Waals surface area (Å²) in [5.74, 6) is 1.82. The Balaban J connectivity index is 1.96. The van der Waals surface area contributed by atoms with E-state index in [4.69, 9.17) is 15.2 Å². The minimum absolute atomic E-state index is 0.385. The molecular formula is C12H17NO2S. The largest absolute Gasteiger partial charge is 0.497 e. The van der Waals surface area contributed by atoms with Gasteiger partial charge in [0.05, 0.1) is 13.2 Å². The lowest BCUT2D eigenvalue weighted by atomic mass is 10.3. The van der Waals surface area contributed by atoms with Crippen LogP contribution in [0.1, 0.15) is 12.8 Å². The molecule has 4 heteroatoms. The molecule has 88 valence electrons. The summed E-state index contributed by atoms with van der Waals surface area (Å²) >= 11 is 1.74. The zero-order valence-corrected chi connectivity index (χ0v) is 10.3. The fourth-order valence-corrected chi connectivity index (χ4v) is 2.79. The molecule has 3 nitrogen and oxygen atoms in total. The number of ether oxygens (including phenoxy) is 2. The van der Waals surface area contributed by atoms with E-state index in [9.17, 15) is 0 Å². The Morgan fingerprint density at radius 1 is 1.56 bits per heavy atom. The molecule has 0 aromatic heterocycles. The molecule has 0 radical (unpaired) electrons. The van der Waals surface area contributed by atoms with Gasteiger partial charge in [-0.1, -0.05) is 0 Å². The molecule has 0 bridgehead atoms. The summed E-state index contributed by atoms with van der Waals surface area (Å²) in [5, 5.41) is 0. The Labute approximate surface area is 100 Å². The van der Waals surface area contributed by atoms with Gasteiger partial charge in [0.1, 0.15) is 5.75 Å². The van der Waals surface area contributed by atoms with Gasteiger partial charge in [-0.15, -0.1) is 11.8 Å². The molecule has 1 atom stereocenters. The van der Waals surface area contributed by atoms with E-state index in [1.807, 2.05) is 18.2 Å². The van der Waals surface area contributed by atoms with Crippen molar-refractivity contribution >= 4 is 17.4 Å². The fraction of sp³-hybridized carbons (Fsp3) is 0.500. The van der Waals surface area contributed by atoms with Gasteiger partial charge in [0, 0.05) is 22.9 Å². The Hall–Kier alpha value is -0.870. The van der Waals surface area contributed by atoms with Gasteiger partial charge in [0.15, 0.2) is 0 Å². The Bertz CT molecular complexity index is 351. The average Bonchev–Trinajstić information content (AvgIpc) is 2.81. The van der Waals surface area contributed by atoms with Crippen molar-refractivity contribution in [2.75, 3.05) is 25.2 Å². The predicted molar refractivity (Wildman–Crippen MR) is 67.1 cm³/mol. The molecule has 0 spiro atoms. The van der Waals surface area contributed by atoms with Crippen LogP contribution in [0.5, 0.6) is 5.75 Å². The van der Waals surface area contributed by atoms with Gasteiger partial charge in [0.25, 0.3) is 0 Å². The zero-order valence-electron chi connectivity index (χ0n) is 9.44. The smallest absolute Gasteiger partial charge is 0.120 e. The first kappa shape index (κ1) is 11.6. The normalized spacial score (nSPS) is 19.9. The molecule has 2 rings (SSSR count). The Morgan fingerprint density at radius 2 is 2.44 bits per heavy atom. The molecule has 1 heterocycles. The van der Waals surface area contributed by atoms with Crippen LogP contribution in [0, 0.1) is 0 Å². The van der Waals surface area contributed by atoms with Gasteiger partial charge < -0.3 is 15.2 Å². The molecule has 1 aliphatic rings. The molecule has 0 aliphatic carbocycles. The summed E-state index contributed by atoms with van der Waals surface area (Å²) in [6.07, 6.45) is 2.73. The highest BCUT2D eigenvalue weighted by molar-refractivity contribution is 7.99. The SMILES string of the molecule is COc1ccc(N)c(SCC2CCCO2)c1. The van der Waals surface area contributed by atoms with Crippen LogP contribution in [0.15, 0.2) is 23.1 Å². The van der Waals surface area contributed by atoms with Crippen LogP contribution in [0.4, 0.5) is 5.69 Å². The van der Waals surface area contributed by atoms with Gasteiger partial charge >= 0.3 is 0 Å². The van der Waals surface area contributed by atoms with Gasteiger partial charge in [-0.25, -0.2) is 0 Å². The van der Waals surface area contributed by atoms with Gasteiger partial charge in [0.2, 0.25) is 0 Å². The molecule has 1 aromatic carbocycles. The number of benzene rings is 1. The summed E-state index contributed by atoms with van der Waals surface area (Å²) in [7, 11) is 1.67. The van der Waals surface area contributed by atoms with E-state index in [1.165, 1.54) is 6.42 Å². The van der Waals surface area contributed by atoms with E-state index >= 15 is 0 Å². The van der Waals surface area contributed by atoms with Crippen molar-refractivity contribution in [1.82, 2.24) is 0 Å². The lowest BCUT2D eigenvalue weighted by Crippen LogP contribution is -2.08. The van der Waals surface area contributed by atoms with Crippen molar-refractivity contribution in [3.63, 3.8) is 0 Å². The van der Waals surface area contributed by atoms with Crippen LogP contribution >= 0.6 is 11.8 Å². The number of hydrogen-bond donors (Lipinski definition) is 1. The summed E-state index contributed by atoms with van der Waals surface area (Å²) in [5.41, 5.74) is 6.72. The topological polar surface area (TPSA) is 44.5 Å². The second-order valence-corrected chi connectivity index (χ2v) is 4.91. The van der Waals surface area contributed by atoms with E-state index in [0.29, 0.717) is 6.10 Å². The van der Waals surface area contributed by atoms with E-state index in [2.05, 4.69) is 0 Å². The molecule has 1 aromatic rings. The summed E-state index contributed by atoms with van der Waals surface area (Å²) in [6, 6.07) is 5.75. The minimum Gasteiger partial charge on any atom is -0.497 e. The molecule has 1 saturated heterocycles. The summed E-state index contributed by atoms with van der Waals surface area (Å²) in [6.45, 7) is 0.902. The molecule has 0 amide bonds. The van der Waals surface area contributed by atoms with Crippen molar-refractivity contribution in [3.8, 4) is 5.75 Å². The van der Waals surface area contributed by atoms with Crippen LogP contribution in [0.25, 0.3) is 0 Å². The third-order valence-corrected chi connectivity index (χ3v) is 3.87. The number of nitrogens with two attached hydrogens (primary N) is 1. The molecule has 1 fully saturated rings. The molecule has 1 unspecified atom stereocenters. The van der Waals surface area contributed by atoms with Crippen LogP contribution < -0.4 is 10.5 Å². The number of anilines is 1. The van der Waals surface area contributed by atoms with E-state index in [-0.39, 0.29) is 0 Å². The molecular weight excluding hydrogens is 222 g/mol. The van der Waals surface area contributed by atoms with Crippen LogP contribution in [-0.2, 0) is 4.74 Å². The second kappa shape index (κ2) is 5.46. The quantitative estimate of drug-likeness (QED) is 0.648. The number of rotatable bonds is 4. The minimum atomic E-state index is 0.385. The zero-order chi connectivity index (χ0) is 11.4. The monoisotopic (exact) mass is 239 g/mol. The first-order valence-corrected chi connectivity index (χ1v) is 6.46. The molecule has 2 N–H and O–H groups in total. The third kappa shape index (κ3) is 2.83. The number of hydrogen-bond acceptors (Lipinski definition) is 4. The van der Waals surface area contributed by atoms with Crippen LogP contribution in [0.3, 0.4) is 0 Å². The standard InChI is InChI=1S/C12H17NO2S/c1-14-9-4-5-11(13)12(7-9)16-8-10-3-2-6-15-10/h4-5,7,10H,2-3,6,8,13H2,1H3. The van der Waals surface area contributed by atoms with Crippen molar-refractivity contribution < 1.29 is 9.47 Å². The molecule has 0 saturated carbocycles. The van der Waals surface area contributed by atoms with Crippen LogP contribution in [-0.4, -0.2) is 25.6 Å². The lowest BCUT2D eigenvalue weighted by Gasteiger charge is -2.11. The highest BCUT2D eigenvalue weighted by Crippen LogP contribution is 2.31. The van der Waals surface area contributed by atoms with E-state index in [0.717, 1.165) is 35.1 Å². The first-order chi connectivity index (χ1) is 7.79. The first-order valence-electron chi connectivity index (χ1n) is 5.47. The maximum Gasteiger partial charge on any atom is 0.120 e. The Kier molecular flexibility index (Phi) is 3.96. The highest BCUT2D eigenvalue weighted by atomic mass is 32.2. The van der Waals surface area contributed by atoms with E-state index in [1.54, 1.807) is 18.9 Å². The van der Waals surface area contributed by atoms with Crippen molar-refractivity contribution in [1.29, 1.82) is 0 Å². The van der Waals surface area contributed by atoms with Gasteiger partial charge in [-0.05, 0) is 31.0 Å². The van der Waals surface area contributed by atoms with Crippen molar-refractivity contribution in [2.45, 2.75) is 23.8 Å². The highest BCUT2D eigenvalue weighted by Gasteiger charge is 2.16. The number of nitrogen functional groups attached to an aromatic ring is 1. The van der Waals surface area contributed by atoms with Crippen LogP contribution in [0.2, 0.25) is 0 Å². The summed E-state index contributed by atoms with van der Waals surface area (Å²) in [4.78, 5) is 1.08. The van der Waals surface area contributed by atoms with Gasteiger partial charge in [-0.2, -0.15) is 0 Å². The lowest BCUT2D eigenvalue weighted by molar-refractivity contribution is 0.129. The van der Waals surface area contributed by atoms with E-state index < -0.39 is 0 Å². The maximum absolute atomic E-state index is 5.91. The number of methoxy groups -OCH3 is 1. The van der Waals surface area contributed by atoms with Gasteiger partial charge in [-0.3, -0.25) is 0 Å². The van der Waals surface area contributed by atoms with Crippen molar-refractivity contribution in [3.05, 3.63) is 18.2 Å². The third-order valence-electron chi connectivity index (χ3n) is 2.67. The Morgan fingerprint density at radius 3 is 3.12 bits per heavy atom. The molecule has 1 aliphatic heterocycles.